The summed E-state index contributed by atoms with van der Waals surface area (Å²) in [6.07, 6.45) is 6.71. The van der Waals surface area contributed by atoms with E-state index in [1.54, 1.807) is 0 Å². The Morgan fingerprint density at radius 2 is 1.82 bits per heavy atom. The maximum absolute atomic E-state index is 11.2. The third-order valence-corrected chi connectivity index (χ3v) is 4.01. The molecule has 1 spiro atoms. The van der Waals surface area contributed by atoms with Gasteiger partial charge in [0.25, 0.3) is 0 Å². The standard InChI is InChI=1S/C13H21NO3/c1-2-3-12(10-11(14)15)4-6-13(7-5-12)16-8-9-17-13/h2H,1,3-10H2,(H2,14,15). The Balaban J connectivity index is 2.01. The van der Waals surface area contributed by atoms with Gasteiger partial charge in [-0.3, -0.25) is 4.79 Å². The maximum atomic E-state index is 11.2. The van der Waals surface area contributed by atoms with Crippen LogP contribution < -0.4 is 5.73 Å². The first-order chi connectivity index (χ1) is 8.10. The van der Waals surface area contributed by atoms with Crippen LogP contribution in [0.1, 0.15) is 38.5 Å². The van der Waals surface area contributed by atoms with Crippen molar-refractivity contribution in [1.29, 1.82) is 0 Å². The molecule has 2 rings (SSSR count). The third kappa shape index (κ3) is 2.69. The number of carbonyl (C=O) groups excluding carboxylic acids is 1. The lowest BCUT2D eigenvalue weighted by Gasteiger charge is -2.42. The topological polar surface area (TPSA) is 61.6 Å². The zero-order valence-electron chi connectivity index (χ0n) is 10.2. The number of amides is 1. The molecule has 4 heteroatoms. The first-order valence-electron chi connectivity index (χ1n) is 6.27. The number of carbonyl (C=O) groups is 1. The summed E-state index contributed by atoms with van der Waals surface area (Å²) in [5.41, 5.74) is 5.33. The average molecular weight is 239 g/mol. The molecule has 0 unspecified atom stereocenters. The number of hydrogen-bond donors (Lipinski definition) is 1. The highest BCUT2D eigenvalue weighted by Gasteiger charge is 2.46. The highest BCUT2D eigenvalue weighted by molar-refractivity contribution is 5.74. The van der Waals surface area contributed by atoms with E-state index in [-0.39, 0.29) is 17.1 Å². The second kappa shape index (κ2) is 4.78. The average Bonchev–Trinajstić information content (AvgIpc) is 2.72. The van der Waals surface area contributed by atoms with E-state index in [9.17, 15) is 4.79 Å². The SMILES string of the molecule is C=CCC1(CC(N)=O)CCC2(CC1)OCCO2. The molecule has 4 nitrogen and oxygen atoms in total. The molecule has 1 aliphatic carbocycles. The molecule has 1 saturated carbocycles. The smallest absolute Gasteiger partial charge is 0.217 e. The van der Waals surface area contributed by atoms with Crippen molar-refractivity contribution < 1.29 is 14.3 Å². The second-order valence-corrected chi connectivity index (χ2v) is 5.24. The Morgan fingerprint density at radius 1 is 1.24 bits per heavy atom. The summed E-state index contributed by atoms with van der Waals surface area (Å²) in [7, 11) is 0. The number of ether oxygens (including phenoxy) is 2. The van der Waals surface area contributed by atoms with E-state index in [4.69, 9.17) is 15.2 Å². The Labute approximate surface area is 102 Å². The summed E-state index contributed by atoms with van der Waals surface area (Å²) >= 11 is 0. The molecular weight excluding hydrogens is 218 g/mol. The summed E-state index contributed by atoms with van der Waals surface area (Å²) in [5, 5.41) is 0. The van der Waals surface area contributed by atoms with Crippen LogP contribution in [-0.2, 0) is 14.3 Å². The fourth-order valence-electron chi connectivity index (χ4n) is 3.08. The van der Waals surface area contributed by atoms with Gasteiger partial charge in [-0.15, -0.1) is 6.58 Å². The predicted molar refractivity (Wildman–Crippen MR) is 64.2 cm³/mol. The Morgan fingerprint density at radius 3 is 2.29 bits per heavy atom. The minimum atomic E-state index is -0.373. The van der Waals surface area contributed by atoms with E-state index in [1.165, 1.54) is 0 Å². The number of primary amides is 1. The molecule has 96 valence electrons. The van der Waals surface area contributed by atoms with Gasteiger partial charge in [-0.05, 0) is 24.7 Å². The minimum Gasteiger partial charge on any atom is -0.370 e. The van der Waals surface area contributed by atoms with Crippen LogP contribution in [0.4, 0.5) is 0 Å². The Kier molecular flexibility index (Phi) is 3.54. The molecule has 1 saturated heterocycles. The van der Waals surface area contributed by atoms with Crippen molar-refractivity contribution in [2.24, 2.45) is 11.1 Å². The van der Waals surface area contributed by atoms with Crippen LogP contribution in [0.15, 0.2) is 12.7 Å². The zero-order valence-corrected chi connectivity index (χ0v) is 10.2. The van der Waals surface area contributed by atoms with E-state index >= 15 is 0 Å². The number of hydrogen-bond acceptors (Lipinski definition) is 3. The largest absolute Gasteiger partial charge is 0.370 e. The van der Waals surface area contributed by atoms with Crippen LogP contribution in [0.3, 0.4) is 0 Å². The molecule has 0 aromatic rings. The van der Waals surface area contributed by atoms with Gasteiger partial charge in [0, 0.05) is 19.3 Å². The van der Waals surface area contributed by atoms with Gasteiger partial charge in [-0.2, -0.15) is 0 Å². The van der Waals surface area contributed by atoms with E-state index in [1.807, 2.05) is 6.08 Å². The summed E-state index contributed by atoms with van der Waals surface area (Å²) in [6, 6.07) is 0. The van der Waals surface area contributed by atoms with E-state index in [0.29, 0.717) is 19.6 Å². The van der Waals surface area contributed by atoms with Crippen molar-refractivity contribution in [3.8, 4) is 0 Å². The molecule has 1 aliphatic heterocycles. The number of allylic oxidation sites excluding steroid dienone is 1. The summed E-state index contributed by atoms with van der Waals surface area (Å²) in [6.45, 7) is 5.15. The van der Waals surface area contributed by atoms with Gasteiger partial charge >= 0.3 is 0 Å². The molecule has 0 aromatic carbocycles. The molecule has 1 amide bonds. The van der Waals surface area contributed by atoms with Crippen molar-refractivity contribution in [2.45, 2.75) is 44.3 Å². The van der Waals surface area contributed by atoms with Gasteiger partial charge in [0.2, 0.25) is 5.91 Å². The van der Waals surface area contributed by atoms with Gasteiger partial charge < -0.3 is 15.2 Å². The lowest BCUT2D eigenvalue weighted by molar-refractivity contribution is -0.192. The molecule has 0 bridgehead atoms. The lowest BCUT2D eigenvalue weighted by atomic mass is 9.68. The summed E-state index contributed by atoms with van der Waals surface area (Å²) in [5.74, 6) is -0.599. The fraction of sp³-hybridized carbons (Fsp3) is 0.769. The quantitative estimate of drug-likeness (QED) is 0.760. The van der Waals surface area contributed by atoms with Crippen molar-refractivity contribution in [3.63, 3.8) is 0 Å². The molecule has 0 aromatic heterocycles. The van der Waals surface area contributed by atoms with Gasteiger partial charge in [0.05, 0.1) is 13.2 Å². The van der Waals surface area contributed by atoms with Gasteiger partial charge in [0.15, 0.2) is 5.79 Å². The van der Waals surface area contributed by atoms with Crippen LogP contribution >= 0.6 is 0 Å². The van der Waals surface area contributed by atoms with Crippen LogP contribution in [0, 0.1) is 5.41 Å². The van der Waals surface area contributed by atoms with Gasteiger partial charge in [-0.1, -0.05) is 6.08 Å². The maximum Gasteiger partial charge on any atom is 0.217 e. The first kappa shape index (κ1) is 12.6. The first-order valence-corrected chi connectivity index (χ1v) is 6.27. The van der Waals surface area contributed by atoms with E-state index in [0.717, 1.165) is 32.1 Å². The van der Waals surface area contributed by atoms with Crippen molar-refractivity contribution in [3.05, 3.63) is 12.7 Å². The zero-order chi connectivity index (χ0) is 12.4. The van der Waals surface area contributed by atoms with Crippen LogP contribution in [0.2, 0.25) is 0 Å². The lowest BCUT2D eigenvalue weighted by Crippen LogP contribution is -2.41. The van der Waals surface area contributed by atoms with Crippen LogP contribution in [0.5, 0.6) is 0 Å². The molecule has 1 heterocycles. The molecule has 0 atom stereocenters. The van der Waals surface area contributed by atoms with Gasteiger partial charge in [-0.25, -0.2) is 0 Å². The van der Waals surface area contributed by atoms with Crippen molar-refractivity contribution in [1.82, 2.24) is 0 Å². The highest BCUT2D eigenvalue weighted by atomic mass is 16.7. The Hall–Kier alpha value is -0.870. The van der Waals surface area contributed by atoms with Crippen molar-refractivity contribution in [2.75, 3.05) is 13.2 Å². The van der Waals surface area contributed by atoms with Crippen LogP contribution in [-0.4, -0.2) is 24.9 Å². The summed E-state index contributed by atoms with van der Waals surface area (Å²) in [4.78, 5) is 11.2. The number of nitrogens with two attached hydrogens (primary N) is 1. The molecule has 2 N–H and O–H groups in total. The van der Waals surface area contributed by atoms with E-state index in [2.05, 4.69) is 6.58 Å². The number of rotatable bonds is 4. The molecule has 0 radical (unpaired) electrons. The highest BCUT2D eigenvalue weighted by Crippen LogP contribution is 2.48. The molecule has 2 aliphatic rings. The molecule has 17 heavy (non-hydrogen) atoms. The molecule has 2 fully saturated rings. The predicted octanol–water partition coefficient (Wildman–Crippen LogP) is 1.74. The van der Waals surface area contributed by atoms with Gasteiger partial charge in [0.1, 0.15) is 0 Å². The minimum absolute atomic E-state index is 0.0197. The van der Waals surface area contributed by atoms with E-state index < -0.39 is 0 Å². The second-order valence-electron chi connectivity index (χ2n) is 5.24. The Bertz CT molecular complexity index is 298. The monoisotopic (exact) mass is 239 g/mol. The van der Waals surface area contributed by atoms with Crippen molar-refractivity contribution >= 4 is 5.91 Å². The molecular formula is C13H21NO3. The third-order valence-electron chi connectivity index (χ3n) is 4.01. The summed E-state index contributed by atoms with van der Waals surface area (Å²) < 4.78 is 11.4. The van der Waals surface area contributed by atoms with Crippen LogP contribution in [0.25, 0.3) is 0 Å². The fourth-order valence-corrected chi connectivity index (χ4v) is 3.08. The normalized spacial score (nSPS) is 25.9.